The molecule has 0 saturated carbocycles. The summed E-state index contributed by atoms with van der Waals surface area (Å²) < 4.78 is 2.37. The minimum atomic E-state index is 0.169. The number of nitrogens with zero attached hydrogens (tertiary/aromatic N) is 1. The van der Waals surface area contributed by atoms with Gasteiger partial charge >= 0.3 is 0 Å². The first-order chi connectivity index (χ1) is 11.0. The van der Waals surface area contributed by atoms with Crippen molar-refractivity contribution in [1.29, 1.82) is 0 Å². The fraction of sp³-hybridized carbons (Fsp3) is 0.333. The van der Waals surface area contributed by atoms with Crippen LogP contribution in [-0.4, -0.2) is 16.7 Å². The summed E-state index contributed by atoms with van der Waals surface area (Å²) in [6.07, 6.45) is 3.38. The lowest BCUT2D eigenvalue weighted by atomic mass is 10.1. The maximum atomic E-state index is 3.58. The Morgan fingerprint density at radius 1 is 0.913 bits per heavy atom. The van der Waals surface area contributed by atoms with Crippen molar-refractivity contribution in [1.82, 2.24) is 9.88 Å². The van der Waals surface area contributed by atoms with Crippen molar-refractivity contribution in [3.63, 3.8) is 0 Å². The van der Waals surface area contributed by atoms with E-state index < -0.39 is 0 Å². The van der Waals surface area contributed by atoms with Crippen LogP contribution in [0.3, 0.4) is 0 Å². The van der Waals surface area contributed by atoms with Gasteiger partial charge in [-0.2, -0.15) is 0 Å². The third-order valence-electron chi connectivity index (χ3n) is 4.12. The van der Waals surface area contributed by atoms with E-state index in [0.717, 1.165) is 19.5 Å². The van der Waals surface area contributed by atoms with E-state index in [4.69, 9.17) is 0 Å². The van der Waals surface area contributed by atoms with Crippen LogP contribution in [0, 0.1) is 0 Å². The summed E-state index contributed by atoms with van der Waals surface area (Å²) in [5.41, 5.74) is 4.26. The Morgan fingerprint density at radius 2 is 1.61 bits per heavy atom. The molecular formula is C21H26N2. The molecule has 2 nitrogen and oxygen atoms in total. The van der Waals surface area contributed by atoms with E-state index in [1.54, 1.807) is 0 Å². The molecule has 1 N–H and O–H groups in total. The van der Waals surface area contributed by atoms with Crippen LogP contribution in [-0.2, 0) is 13.0 Å². The maximum Gasteiger partial charge on any atom is 0.0486 e. The minimum absolute atomic E-state index is 0.169. The molecule has 2 heteroatoms. The third kappa shape index (κ3) is 4.02. The average molecular weight is 306 g/mol. The Balaban J connectivity index is 1.85. The molecular weight excluding hydrogens is 280 g/mol. The van der Waals surface area contributed by atoms with Gasteiger partial charge in [-0.25, -0.2) is 0 Å². The van der Waals surface area contributed by atoms with E-state index in [2.05, 4.69) is 91.4 Å². The third-order valence-corrected chi connectivity index (χ3v) is 4.12. The van der Waals surface area contributed by atoms with Crippen molar-refractivity contribution in [3.8, 4) is 0 Å². The second kappa shape index (κ2) is 6.59. The molecule has 0 saturated heterocycles. The van der Waals surface area contributed by atoms with Crippen LogP contribution in [0.15, 0.2) is 60.8 Å². The molecule has 0 aliphatic rings. The fourth-order valence-corrected chi connectivity index (χ4v) is 3.01. The Labute approximate surface area is 139 Å². The maximum absolute atomic E-state index is 3.58. The first kappa shape index (κ1) is 15.8. The molecule has 0 atom stereocenters. The van der Waals surface area contributed by atoms with Crippen molar-refractivity contribution in [3.05, 3.63) is 71.9 Å². The van der Waals surface area contributed by atoms with Crippen LogP contribution < -0.4 is 5.32 Å². The zero-order chi connectivity index (χ0) is 16.3. The van der Waals surface area contributed by atoms with Gasteiger partial charge in [0.2, 0.25) is 0 Å². The SMILES string of the molecule is CC(C)(C)NCCc1cn(Cc2ccccc2)c2ccccc12. The van der Waals surface area contributed by atoms with Gasteiger partial charge in [-0.05, 0) is 50.9 Å². The van der Waals surface area contributed by atoms with Crippen molar-refractivity contribution < 1.29 is 0 Å². The Kier molecular flexibility index (Phi) is 4.53. The second-order valence-electron chi connectivity index (χ2n) is 7.21. The molecule has 0 aliphatic heterocycles. The molecule has 0 spiro atoms. The molecule has 1 heterocycles. The summed E-state index contributed by atoms with van der Waals surface area (Å²) >= 11 is 0. The molecule has 0 aliphatic carbocycles. The van der Waals surface area contributed by atoms with Crippen molar-refractivity contribution in [2.75, 3.05) is 6.54 Å². The highest BCUT2D eigenvalue weighted by molar-refractivity contribution is 5.84. The highest BCUT2D eigenvalue weighted by Gasteiger charge is 2.11. The number of benzene rings is 2. The quantitative estimate of drug-likeness (QED) is 0.728. The van der Waals surface area contributed by atoms with Gasteiger partial charge in [-0.15, -0.1) is 0 Å². The van der Waals surface area contributed by atoms with Crippen molar-refractivity contribution in [2.24, 2.45) is 0 Å². The highest BCUT2D eigenvalue weighted by atomic mass is 15.0. The molecule has 0 fully saturated rings. The lowest BCUT2D eigenvalue weighted by molar-refractivity contribution is 0.429. The van der Waals surface area contributed by atoms with Gasteiger partial charge in [0, 0.05) is 29.2 Å². The smallest absolute Gasteiger partial charge is 0.0486 e. The molecule has 0 amide bonds. The van der Waals surface area contributed by atoms with Crippen LogP contribution in [0.1, 0.15) is 31.9 Å². The number of para-hydroxylation sites is 1. The van der Waals surface area contributed by atoms with Gasteiger partial charge in [0.1, 0.15) is 0 Å². The number of hydrogen-bond acceptors (Lipinski definition) is 1. The molecule has 23 heavy (non-hydrogen) atoms. The topological polar surface area (TPSA) is 17.0 Å². The molecule has 3 aromatic rings. The zero-order valence-electron chi connectivity index (χ0n) is 14.3. The first-order valence-electron chi connectivity index (χ1n) is 8.39. The number of hydrogen-bond donors (Lipinski definition) is 1. The van der Waals surface area contributed by atoms with E-state index in [1.165, 1.54) is 22.0 Å². The molecule has 120 valence electrons. The average Bonchev–Trinajstić information content (AvgIpc) is 2.86. The zero-order valence-corrected chi connectivity index (χ0v) is 14.3. The lowest BCUT2D eigenvalue weighted by Gasteiger charge is -2.20. The predicted octanol–water partition coefficient (Wildman–Crippen LogP) is 4.62. The molecule has 1 aromatic heterocycles. The van der Waals surface area contributed by atoms with Crippen LogP contribution in [0.2, 0.25) is 0 Å². The highest BCUT2D eigenvalue weighted by Crippen LogP contribution is 2.23. The Hall–Kier alpha value is -2.06. The van der Waals surface area contributed by atoms with Crippen LogP contribution in [0.25, 0.3) is 10.9 Å². The summed E-state index contributed by atoms with van der Waals surface area (Å²) in [4.78, 5) is 0. The van der Waals surface area contributed by atoms with Gasteiger partial charge in [-0.1, -0.05) is 48.5 Å². The van der Waals surface area contributed by atoms with Gasteiger partial charge in [0.05, 0.1) is 0 Å². The number of aromatic nitrogens is 1. The Bertz CT molecular complexity index is 763. The lowest BCUT2D eigenvalue weighted by Crippen LogP contribution is -2.37. The summed E-state index contributed by atoms with van der Waals surface area (Å²) in [6.45, 7) is 8.57. The summed E-state index contributed by atoms with van der Waals surface area (Å²) in [5.74, 6) is 0. The molecule has 0 radical (unpaired) electrons. The minimum Gasteiger partial charge on any atom is -0.343 e. The van der Waals surface area contributed by atoms with Crippen LogP contribution in [0.4, 0.5) is 0 Å². The molecule has 3 rings (SSSR count). The van der Waals surface area contributed by atoms with E-state index in [9.17, 15) is 0 Å². The number of fused-ring (bicyclic) bond motifs is 1. The monoisotopic (exact) mass is 306 g/mol. The van der Waals surface area contributed by atoms with Crippen molar-refractivity contribution >= 4 is 10.9 Å². The second-order valence-corrected chi connectivity index (χ2v) is 7.21. The van der Waals surface area contributed by atoms with E-state index >= 15 is 0 Å². The predicted molar refractivity (Wildman–Crippen MR) is 98.9 cm³/mol. The summed E-state index contributed by atoms with van der Waals surface area (Å²) in [7, 11) is 0. The molecule has 2 aromatic carbocycles. The number of rotatable bonds is 5. The van der Waals surface area contributed by atoms with E-state index in [0.29, 0.717) is 0 Å². The van der Waals surface area contributed by atoms with Gasteiger partial charge in [-0.3, -0.25) is 0 Å². The molecule has 0 bridgehead atoms. The van der Waals surface area contributed by atoms with E-state index in [-0.39, 0.29) is 5.54 Å². The van der Waals surface area contributed by atoms with Gasteiger partial charge in [0.25, 0.3) is 0 Å². The Morgan fingerprint density at radius 3 is 2.35 bits per heavy atom. The summed E-state index contributed by atoms with van der Waals surface area (Å²) in [5, 5.41) is 4.96. The largest absolute Gasteiger partial charge is 0.343 e. The summed E-state index contributed by atoms with van der Waals surface area (Å²) in [6, 6.07) is 19.4. The normalized spacial score (nSPS) is 12.0. The van der Waals surface area contributed by atoms with Crippen molar-refractivity contribution in [2.45, 2.75) is 39.3 Å². The number of nitrogens with one attached hydrogen (secondary N) is 1. The first-order valence-corrected chi connectivity index (χ1v) is 8.39. The van der Waals surface area contributed by atoms with Gasteiger partial charge in [0.15, 0.2) is 0 Å². The van der Waals surface area contributed by atoms with Gasteiger partial charge < -0.3 is 9.88 Å². The van der Waals surface area contributed by atoms with E-state index in [1.807, 2.05) is 0 Å². The van der Waals surface area contributed by atoms with Crippen LogP contribution >= 0.6 is 0 Å². The fourth-order valence-electron chi connectivity index (χ4n) is 3.01. The standard InChI is InChI=1S/C21H26N2/c1-21(2,3)22-14-13-18-16-23(15-17-9-5-4-6-10-17)20-12-8-7-11-19(18)20/h4-12,16,22H,13-15H2,1-3H3. The van der Waals surface area contributed by atoms with Crippen LogP contribution in [0.5, 0.6) is 0 Å². The molecule has 0 unspecified atom stereocenters.